The molecule has 1 unspecified atom stereocenters. The third-order valence-electron chi connectivity index (χ3n) is 10.3. The second-order valence-corrected chi connectivity index (χ2v) is 15.5. The molecular weight excluding hydrogens is 629 g/mol. The van der Waals surface area contributed by atoms with E-state index in [2.05, 4.69) is 38.2 Å². The van der Waals surface area contributed by atoms with Crippen molar-refractivity contribution in [3.05, 3.63) is 24.3 Å². The number of rotatable bonds is 43. The van der Waals surface area contributed by atoms with Crippen molar-refractivity contribution < 1.29 is 19.4 Å². The number of unbranched alkanes of at least 4 members (excludes halogenated alkanes) is 31. The molecule has 0 amide bonds. The van der Waals surface area contributed by atoms with Gasteiger partial charge in [-0.1, -0.05) is 218 Å². The molecule has 0 heterocycles. The largest absolute Gasteiger partial charge is 0.457 e. The van der Waals surface area contributed by atoms with E-state index in [0.29, 0.717) is 19.6 Å². The molecule has 0 rings (SSSR count). The van der Waals surface area contributed by atoms with Gasteiger partial charge in [-0.05, 0) is 44.9 Å². The fourth-order valence-electron chi connectivity index (χ4n) is 6.83. The van der Waals surface area contributed by atoms with Crippen molar-refractivity contribution in [1.29, 1.82) is 0 Å². The number of carbonyl (C=O) groups is 1. The molecule has 0 bridgehead atoms. The molecule has 0 radical (unpaired) electrons. The zero-order valence-corrected chi connectivity index (χ0v) is 34.6. The summed E-state index contributed by atoms with van der Waals surface area (Å²) in [7, 11) is 0. The Morgan fingerprint density at radius 1 is 0.471 bits per heavy atom. The Kier molecular flexibility index (Phi) is 44.0. The van der Waals surface area contributed by atoms with Crippen LogP contribution in [0.4, 0.5) is 0 Å². The minimum Gasteiger partial charge on any atom is -0.457 e. The average molecular weight is 719 g/mol. The van der Waals surface area contributed by atoms with Crippen LogP contribution in [0.15, 0.2) is 24.3 Å². The average Bonchev–Trinajstić information content (AvgIpc) is 3.14. The number of hydrogen-bond acceptors (Lipinski definition) is 4. The Hall–Kier alpha value is -1.13. The van der Waals surface area contributed by atoms with E-state index in [-0.39, 0.29) is 12.6 Å². The first-order valence-corrected chi connectivity index (χ1v) is 22.9. The van der Waals surface area contributed by atoms with E-state index in [1.807, 2.05) is 0 Å². The van der Waals surface area contributed by atoms with Crippen LogP contribution in [0.5, 0.6) is 0 Å². The molecule has 51 heavy (non-hydrogen) atoms. The first kappa shape index (κ1) is 49.9. The predicted molar refractivity (Wildman–Crippen MR) is 224 cm³/mol. The van der Waals surface area contributed by atoms with E-state index in [0.717, 1.165) is 25.7 Å². The van der Waals surface area contributed by atoms with Gasteiger partial charge in [-0.25, -0.2) is 0 Å². The van der Waals surface area contributed by atoms with Crippen molar-refractivity contribution >= 4 is 5.97 Å². The summed E-state index contributed by atoms with van der Waals surface area (Å²) in [5.74, 6) is -0.197. The first-order chi connectivity index (χ1) is 25.2. The highest BCUT2D eigenvalue weighted by Gasteiger charge is 2.13. The van der Waals surface area contributed by atoms with Gasteiger partial charge < -0.3 is 14.6 Å². The van der Waals surface area contributed by atoms with Gasteiger partial charge in [0.1, 0.15) is 6.10 Å². The molecule has 0 aliphatic heterocycles. The van der Waals surface area contributed by atoms with Gasteiger partial charge in [0, 0.05) is 13.0 Å². The van der Waals surface area contributed by atoms with E-state index in [1.165, 1.54) is 199 Å². The monoisotopic (exact) mass is 719 g/mol. The van der Waals surface area contributed by atoms with Crippen molar-refractivity contribution in [1.82, 2.24) is 0 Å². The van der Waals surface area contributed by atoms with Crippen LogP contribution in [0.3, 0.4) is 0 Å². The molecule has 0 aliphatic rings. The molecule has 0 spiro atoms. The van der Waals surface area contributed by atoms with E-state index in [1.54, 1.807) is 0 Å². The summed E-state index contributed by atoms with van der Waals surface area (Å²) in [5, 5.41) is 9.61. The second-order valence-electron chi connectivity index (χ2n) is 15.5. The number of hydrogen-bond donors (Lipinski definition) is 1. The van der Waals surface area contributed by atoms with Crippen LogP contribution >= 0.6 is 0 Å². The molecule has 0 aromatic rings. The van der Waals surface area contributed by atoms with Gasteiger partial charge in [0.25, 0.3) is 0 Å². The van der Waals surface area contributed by atoms with Crippen molar-refractivity contribution in [3.8, 4) is 0 Å². The Morgan fingerprint density at radius 3 is 1.22 bits per heavy atom. The van der Waals surface area contributed by atoms with Crippen LogP contribution in [0, 0.1) is 0 Å². The Bertz CT molecular complexity index is 717. The molecule has 4 heteroatoms. The maximum absolute atomic E-state index is 12.2. The molecule has 0 saturated heterocycles. The molecule has 0 saturated carbocycles. The SMILES string of the molecule is CCCCCCC/C=C\C/C=C\CCCCCCCCCCCCCCOCC(CO)OC(=O)CCCCCCCCCCCCCCCCC. The third kappa shape index (κ3) is 43.2. The van der Waals surface area contributed by atoms with Crippen molar-refractivity contribution in [2.75, 3.05) is 19.8 Å². The first-order valence-electron chi connectivity index (χ1n) is 22.9. The van der Waals surface area contributed by atoms with Crippen LogP contribution in [0.25, 0.3) is 0 Å². The minimum absolute atomic E-state index is 0.167. The molecular formula is C47H90O4. The number of allylic oxidation sites excluding steroid dienone is 4. The summed E-state index contributed by atoms with van der Waals surface area (Å²) in [6.07, 6.45) is 55.3. The summed E-state index contributed by atoms with van der Waals surface area (Å²) in [6.45, 7) is 5.37. The van der Waals surface area contributed by atoms with E-state index < -0.39 is 6.10 Å². The molecule has 302 valence electrons. The maximum atomic E-state index is 12.2. The van der Waals surface area contributed by atoms with Gasteiger partial charge >= 0.3 is 5.97 Å². The smallest absolute Gasteiger partial charge is 0.306 e. The van der Waals surface area contributed by atoms with Gasteiger partial charge in [-0.15, -0.1) is 0 Å². The molecule has 0 aliphatic carbocycles. The quantitative estimate of drug-likeness (QED) is 0.0387. The highest BCUT2D eigenvalue weighted by molar-refractivity contribution is 5.69. The van der Waals surface area contributed by atoms with Crippen LogP contribution in [0.1, 0.15) is 245 Å². The van der Waals surface area contributed by atoms with Crippen molar-refractivity contribution in [2.24, 2.45) is 0 Å². The normalized spacial score (nSPS) is 12.5. The van der Waals surface area contributed by atoms with Gasteiger partial charge in [0.15, 0.2) is 0 Å². The molecule has 1 N–H and O–H groups in total. The van der Waals surface area contributed by atoms with Gasteiger partial charge in [0.2, 0.25) is 0 Å². The third-order valence-corrected chi connectivity index (χ3v) is 10.3. The topological polar surface area (TPSA) is 55.8 Å². The zero-order chi connectivity index (χ0) is 37.0. The summed E-state index contributed by atoms with van der Waals surface area (Å²) in [6, 6.07) is 0. The highest BCUT2D eigenvalue weighted by Crippen LogP contribution is 2.15. The summed E-state index contributed by atoms with van der Waals surface area (Å²) in [4.78, 5) is 12.2. The molecule has 4 nitrogen and oxygen atoms in total. The van der Waals surface area contributed by atoms with E-state index >= 15 is 0 Å². The lowest BCUT2D eigenvalue weighted by molar-refractivity contribution is -0.154. The minimum atomic E-state index is -0.530. The maximum Gasteiger partial charge on any atom is 0.306 e. The highest BCUT2D eigenvalue weighted by atomic mass is 16.6. The summed E-state index contributed by atoms with van der Waals surface area (Å²) < 4.78 is 11.2. The van der Waals surface area contributed by atoms with Crippen molar-refractivity contribution in [2.45, 2.75) is 251 Å². The Morgan fingerprint density at radius 2 is 0.824 bits per heavy atom. The Balaban J connectivity index is 3.37. The van der Waals surface area contributed by atoms with Crippen LogP contribution in [0.2, 0.25) is 0 Å². The van der Waals surface area contributed by atoms with Crippen LogP contribution in [-0.4, -0.2) is 37.0 Å². The standard InChI is InChI=1S/C47H90O4/c1-3-5-7-9-11-13-15-17-19-20-21-22-23-24-25-26-27-29-31-33-35-37-39-41-43-50-45-46(44-48)51-47(49)42-40-38-36-34-32-30-28-18-16-14-12-10-8-6-4-2/h15,17,20-21,46,48H,3-14,16,18-19,22-45H2,1-2H3/b17-15-,21-20-. The number of esters is 1. The molecule has 0 fully saturated rings. The van der Waals surface area contributed by atoms with Gasteiger partial charge in [0.05, 0.1) is 13.2 Å². The van der Waals surface area contributed by atoms with Crippen LogP contribution in [-0.2, 0) is 14.3 Å². The number of ether oxygens (including phenoxy) is 2. The lowest BCUT2D eigenvalue weighted by atomic mass is 10.0. The Labute approximate surface area is 319 Å². The lowest BCUT2D eigenvalue weighted by Gasteiger charge is -2.16. The fourth-order valence-corrected chi connectivity index (χ4v) is 6.83. The number of aliphatic hydroxyl groups excluding tert-OH is 1. The van der Waals surface area contributed by atoms with Crippen LogP contribution < -0.4 is 0 Å². The lowest BCUT2D eigenvalue weighted by Crippen LogP contribution is -2.27. The van der Waals surface area contributed by atoms with E-state index in [4.69, 9.17) is 9.47 Å². The second kappa shape index (κ2) is 45.0. The number of carbonyl (C=O) groups excluding carboxylic acids is 1. The predicted octanol–water partition coefficient (Wildman–Crippen LogP) is 15.1. The van der Waals surface area contributed by atoms with Gasteiger partial charge in [-0.3, -0.25) is 4.79 Å². The van der Waals surface area contributed by atoms with Crippen molar-refractivity contribution in [3.63, 3.8) is 0 Å². The zero-order valence-electron chi connectivity index (χ0n) is 34.6. The molecule has 0 aromatic carbocycles. The molecule has 0 aromatic heterocycles. The fraction of sp³-hybridized carbons (Fsp3) is 0.894. The number of aliphatic hydroxyl groups is 1. The molecule has 1 atom stereocenters. The summed E-state index contributed by atoms with van der Waals surface area (Å²) >= 11 is 0. The summed E-state index contributed by atoms with van der Waals surface area (Å²) in [5.41, 5.74) is 0. The van der Waals surface area contributed by atoms with E-state index in [9.17, 15) is 9.90 Å². The van der Waals surface area contributed by atoms with Gasteiger partial charge in [-0.2, -0.15) is 0 Å².